The standard InChI is InChI=1S/C13H20N2O3Si/c1-2-14-11(16)8-12(19)15-13(17)18-9-10-6-4-3-5-7-10/h3-7,12H,2,8-9H2,1,19H3,(H,14,16)(H,15,17). The van der Waals surface area contributed by atoms with Crippen molar-refractivity contribution in [3.8, 4) is 0 Å². The fourth-order valence-electron chi connectivity index (χ4n) is 1.56. The van der Waals surface area contributed by atoms with E-state index in [1.807, 2.05) is 37.3 Å². The van der Waals surface area contributed by atoms with Crippen molar-refractivity contribution >= 4 is 22.2 Å². The molecule has 0 aliphatic rings. The third kappa shape index (κ3) is 6.61. The number of hydrogen-bond acceptors (Lipinski definition) is 3. The van der Waals surface area contributed by atoms with Crippen LogP contribution in [0.1, 0.15) is 18.9 Å². The Hall–Kier alpha value is -1.82. The Morgan fingerprint density at radius 1 is 1.32 bits per heavy atom. The van der Waals surface area contributed by atoms with Crippen LogP contribution in [0.5, 0.6) is 0 Å². The fourth-order valence-corrected chi connectivity index (χ4v) is 2.17. The number of hydrogen-bond donors (Lipinski definition) is 2. The highest BCUT2D eigenvalue weighted by atomic mass is 28.1. The van der Waals surface area contributed by atoms with Crippen LogP contribution in [0.2, 0.25) is 0 Å². The number of amides is 2. The van der Waals surface area contributed by atoms with Crippen LogP contribution in [0.15, 0.2) is 30.3 Å². The van der Waals surface area contributed by atoms with Gasteiger partial charge in [-0.2, -0.15) is 0 Å². The van der Waals surface area contributed by atoms with Crippen molar-refractivity contribution in [3.63, 3.8) is 0 Å². The number of nitrogens with one attached hydrogen (secondary N) is 2. The highest BCUT2D eigenvalue weighted by Crippen LogP contribution is 2.00. The maximum absolute atomic E-state index is 11.5. The first-order valence-electron chi connectivity index (χ1n) is 6.35. The second-order valence-electron chi connectivity index (χ2n) is 4.26. The minimum atomic E-state index is -0.479. The van der Waals surface area contributed by atoms with E-state index >= 15 is 0 Å². The van der Waals surface area contributed by atoms with E-state index in [9.17, 15) is 9.59 Å². The molecule has 6 heteroatoms. The minimum Gasteiger partial charge on any atom is -0.445 e. The van der Waals surface area contributed by atoms with Crippen molar-refractivity contribution in [3.05, 3.63) is 35.9 Å². The zero-order valence-electron chi connectivity index (χ0n) is 11.3. The lowest BCUT2D eigenvalue weighted by atomic mass is 10.2. The first-order valence-corrected chi connectivity index (χ1v) is 7.51. The maximum atomic E-state index is 11.5. The minimum absolute atomic E-state index is 0.0501. The van der Waals surface area contributed by atoms with Gasteiger partial charge in [0, 0.05) is 28.9 Å². The summed E-state index contributed by atoms with van der Waals surface area (Å²) in [7, 11) is 0.697. The number of carbonyl (C=O) groups is 2. The molecule has 19 heavy (non-hydrogen) atoms. The van der Waals surface area contributed by atoms with E-state index in [1.54, 1.807) is 0 Å². The molecule has 104 valence electrons. The van der Waals surface area contributed by atoms with Crippen LogP contribution in [-0.4, -0.2) is 34.5 Å². The van der Waals surface area contributed by atoms with Gasteiger partial charge in [0.15, 0.2) is 0 Å². The second kappa shape index (κ2) is 8.31. The van der Waals surface area contributed by atoms with E-state index in [1.165, 1.54) is 0 Å². The molecular weight excluding hydrogens is 260 g/mol. The lowest BCUT2D eigenvalue weighted by Crippen LogP contribution is -2.39. The highest BCUT2D eigenvalue weighted by molar-refractivity contribution is 6.14. The average Bonchev–Trinajstić information content (AvgIpc) is 2.37. The van der Waals surface area contributed by atoms with Crippen LogP contribution >= 0.6 is 0 Å². The number of ether oxygens (including phenoxy) is 1. The van der Waals surface area contributed by atoms with Gasteiger partial charge in [-0.15, -0.1) is 0 Å². The molecule has 2 N–H and O–H groups in total. The molecule has 0 aliphatic heterocycles. The molecule has 1 aromatic rings. The van der Waals surface area contributed by atoms with E-state index in [4.69, 9.17) is 4.74 Å². The van der Waals surface area contributed by atoms with Gasteiger partial charge in [-0.25, -0.2) is 4.79 Å². The number of rotatable bonds is 6. The summed E-state index contributed by atoms with van der Waals surface area (Å²) in [6, 6.07) is 9.46. The Bertz CT molecular complexity index is 412. The number of carbonyl (C=O) groups excluding carboxylic acids is 2. The van der Waals surface area contributed by atoms with Crippen LogP contribution in [0, 0.1) is 0 Å². The van der Waals surface area contributed by atoms with Crippen molar-refractivity contribution < 1.29 is 14.3 Å². The molecule has 0 aliphatic carbocycles. The van der Waals surface area contributed by atoms with Crippen molar-refractivity contribution in [2.45, 2.75) is 25.6 Å². The van der Waals surface area contributed by atoms with Gasteiger partial charge in [0.25, 0.3) is 0 Å². The summed E-state index contributed by atoms with van der Waals surface area (Å²) in [4.78, 5) is 22.9. The molecule has 0 heterocycles. The average molecular weight is 280 g/mol. The Labute approximate surface area is 116 Å². The summed E-state index contributed by atoms with van der Waals surface area (Å²) in [6.07, 6.45) is -0.173. The molecule has 5 nitrogen and oxygen atoms in total. The van der Waals surface area contributed by atoms with Crippen LogP contribution in [0.25, 0.3) is 0 Å². The lowest BCUT2D eigenvalue weighted by Gasteiger charge is -2.13. The topological polar surface area (TPSA) is 67.4 Å². The Morgan fingerprint density at radius 2 is 2.00 bits per heavy atom. The van der Waals surface area contributed by atoms with Crippen molar-refractivity contribution in [1.82, 2.24) is 10.6 Å². The zero-order chi connectivity index (χ0) is 14.1. The van der Waals surface area contributed by atoms with Gasteiger partial charge in [0.05, 0.1) is 0 Å². The van der Waals surface area contributed by atoms with E-state index in [-0.39, 0.29) is 18.2 Å². The lowest BCUT2D eigenvalue weighted by molar-refractivity contribution is -0.121. The largest absolute Gasteiger partial charge is 0.445 e. The van der Waals surface area contributed by atoms with Gasteiger partial charge in [0.1, 0.15) is 6.61 Å². The summed E-state index contributed by atoms with van der Waals surface area (Å²) in [6.45, 7) is 2.70. The molecule has 1 unspecified atom stereocenters. The van der Waals surface area contributed by atoms with Crippen molar-refractivity contribution in [2.75, 3.05) is 6.54 Å². The Morgan fingerprint density at radius 3 is 2.63 bits per heavy atom. The normalized spacial score (nSPS) is 11.6. The smallest absolute Gasteiger partial charge is 0.407 e. The van der Waals surface area contributed by atoms with Gasteiger partial charge in [-0.1, -0.05) is 30.3 Å². The second-order valence-corrected chi connectivity index (χ2v) is 5.66. The maximum Gasteiger partial charge on any atom is 0.407 e. The summed E-state index contributed by atoms with van der Waals surface area (Å²) in [5.74, 6) is -0.0501. The van der Waals surface area contributed by atoms with E-state index < -0.39 is 6.09 Å². The zero-order valence-corrected chi connectivity index (χ0v) is 13.3. The first-order chi connectivity index (χ1) is 9.11. The quantitative estimate of drug-likeness (QED) is 0.728. The molecule has 0 saturated heterocycles. The molecule has 2 amide bonds. The molecular formula is C13H20N2O3Si. The molecule has 1 atom stereocenters. The SMILES string of the molecule is CCNC(=O)CC([SiH3])NC(=O)OCc1ccccc1. The van der Waals surface area contributed by atoms with E-state index in [0.29, 0.717) is 23.2 Å². The molecule has 0 bridgehead atoms. The van der Waals surface area contributed by atoms with Gasteiger partial charge in [-0.05, 0) is 12.5 Å². The predicted octanol–water partition coefficient (Wildman–Crippen LogP) is 0.130. The van der Waals surface area contributed by atoms with E-state index in [0.717, 1.165) is 5.56 Å². The number of benzene rings is 1. The number of alkyl carbamates (subject to hydrolysis) is 1. The molecule has 0 spiro atoms. The monoisotopic (exact) mass is 280 g/mol. The third-order valence-corrected chi connectivity index (χ3v) is 3.14. The molecule has 1 rings (SSSR count). The van der Waals surface area contributed by atoms with Gasteiger partial charge < -0.3 is 15.4 Å². The van der Waals surface area contributed by atoms with Gasteiger partial charge in [-0.3, -0.25) is 4.79 Å². The molecule has 0 fully saturated rings. The van der Waals surface area contributed by atoms with Crippen LogP contribution in [0.4, 0.5) is 4.79 Å². The first kappa shape index (κ1) is 15.2. The third-order valence-electron chi connectivity index (χ3n) is 2.44. The molecule has 1 aromatic carbocycles. The highest BCUT2D eigenvalue weighted by Gasteiger charge is 2.11. The predicted molar refractivity (Wildman–Crippen MR) is 76.8 cm³/mol. The van der Waals surface area contributed by atoms with Crippen LogP contribution in [0.3, 0.4) is 0 Å². The van der Waals surface area contributed by atoms with Gasteiger partial charge >= 0.3 is 6.09 Å². The molecule has 0 aromatic heterocycles. The fraction of sp³-hybridized carbons (Fsp3) is 0.385. The van der Waals surface area contributed by atoms with Gasteiger partial charge in [0.2, 0.25) is 5.91 Å². The van der Waals surface area contributed by atoms with Crippen LogP contribution in [-0.2, 0) is 16.1 Å². The molecule has 0 radical (unpaired) electrons. The van der Waals surface area contributed by atoms with Crippen LogP contribution < -0.4 is 10.6 Å². The molecule has 0 saturated carbocycles. The Kier molecular flexibility index (Phi) is 6.66. The Balaban J connectivity index is 2.25. The van der Waals surface area contributed by atoms with E-state index in [2.05, 4.69) is 10.6 Å². The van der Waals surface area contributed by atoms with Crippen molar-refractivity contribution in [2.24, 2.45) is 0 Å². The summed E-state index contributed by atoms with van der Waals surface area (Å²) in [5.41, 5.74) is 0.820. The summed E-state index contributed by atoms with van der Waals surface area (Å²) in [5, 5.41) is 5.38. The van der Waals surface area contributed by atoms with Crippen molar-refractivity contribution in [1.29, 1.82) is 0 Å². The summed E-state index contributed by atoms with van der Waals surface area (Å²) >= 11 is 0. The summed E-state index contributed by atoms with van der Waals surface area (Å²) < 4.78 is 5.08.